The van der Waals surface area contributed by atoms with Gasteiger partial charge in [0.2, 0.25) is 0 Å². The second-order valence-corrected chi connectivity index (χ2v) is 5.84. The molecule has 1 heterocycles. The van der Waals surface area contributed by atoms with Crippen LogP contribution in [0.4, 0.5) is 0 Å². The normalized spacial score (nSPS) is 10.9. The smallest absolute Gasteiger partial charge is 0.277 e. The Kier molecular flexibility index (Phi) is 5.38. The Morgan fingerprint density at radius 3 is 2.82 bits per heavy atom. The Morgan fingerprint density at radius 2 is 2.18 bits per heavy atom. The Bertz CT molecular complexity index is 707. The molecule has 0 aliphatic rings. The molecule has 0 fully saturated rings. The molecule has 22 heavy (non-hydrogen) atoms. The van der Waals surface area contributed by atoms with Gasteiger partial charge in [-0.1, -0.05) is 22.0 Å². The summed E-state index contributed by atoms with van der Waals surface area (Å²) in [5.41, 5.74) is 5.68. The lowest BCUT2D eigenvalue weighted by molar-refractivity contribution is -0.123. The highest BCUT2D eigenvalue weighted by molar-refractivity contribution is 9.10. The molecule has 0 bridgehead atoms. The minimum absolute atomic E-state index is 0.0827. The van der Waals surface area contributed by atoms with Gasteiger partial charge in [-0.2, -0.15) is 5.10 Å². The van der Waals surface area contributed by atoms with Crippen molar-refractivity contribution in [2.75, 3.05) is 6.61 Å². The van der Waals surface area contributed by atoms with E-state index in [1.54, 1.807) is 18.3 Å². The van der Waals surface area contributed by atoms with Gasteiger partial charge in [0.1, 0.15) is 5.75 Å². The molecule has 0 saturated heterocycles. The molecule has 0 unspecified atom stereocenters. The number of aryl methyl sites for hydroxylation is 1. The summed E-state index contributed by atoms with van der Waals surface area (Å²) in [5.74, 6) is 0.324. The fourth-order valence-electron chi connectivity index (χ4n) is 1.93. The second-order valence-electron chi connectivity index (χ2n) is 4.92. The molecule has 0 aliphatic heterocycles. The minimum atomic E-state index is -0.304. The van der Waals surface area contributed by atoms with Crippen molar-refractivity contribution in [1.29, 1.82) is 0 Å². The van der Waals surface area contributed by atoms with Gasteiger partial charge in [0.25, 0.3) is 5.91 Å². The third-order valence-corrected chi connectivity index (χ3v) is 3.87. The Balaban J connectivity index is 1.85. The van der Waals surface area contributed by atoms with Crippen LogP contribution in [-0.4, -0.2) is 23.3 Å². The number of hydrazone groups is 1. The van der Waals surface area contributed by atoms with Gasteiger partial charge in [-0.15, -0.1) is 0 Å². The summed E-state index contributed by atoms with van der Waals surface area (Å²) in [6.07, 6.45) is 1.64. The van der Waals surface area contributed by atoms with Gasteiger partial charge in [0, 0.05) is 28.5 Å². The van der Waals surface area contributed by atoms with E-state index >= 15 is 0 Å². The number of hydrogen-bond acceptors (Lipinski definition) is 3. The van der Waals surface area contributed by atoms with Gasteiger partial charge >= 0.3 is 0 Å². The van der Waals surface area contributed by atoms with Crippen LogP contribution in [0.3, 0.4) is 0 Å². The predicted molar refractivity (Wildman–Crippen MR) is 90.3 cm³/mol. The molecule has 2 rings (SSSR count). The number of carbonyl (C=O) groups excluding carboxylic acids is 1. The summed E-state index contributed by atoms with van der Waals surface area (Å²) < 4.78 is 8.35. The summed E-state index contributed by atoms with van der Waals surface area (Å²) >= 11 is 3.35. The SMILES string of the molecule is Cc1cc(/C=N/NC(=O)COc2cccc(Br)c2)c(C)n1C. The topological polar surface area (TPSA) is 55.6 Å². The zero-order valence-corrected chi connectivity index (χ0v) is 14.3. The van der Waals surface area contributed by atoms with Crippen molar-refractivity contribution in [3.05, 3.63) is 51.8 Å². The van der Waals surface area contributed by atoms with E-state index in [9.17, 15) is 4.79 Å². The summed E-state index contributed by atoms with van der Waals surface area (Å²) in [5, 5.41) is 3.96. The third-order valence-electron chi connectivity index (χ3n) is 3.37. The van der Waals surface area contributed by atoms with E-state index in [0.29, 0.717) is 5.75 Å². The monoisotopic (exact) mass is 363 g/mol. The maximum atomic E-state index is 11.7. The molecule has 6 heteroatoms. The van der Waals surface area contributed by atoms with Crippen LogP contribution in [0, 0.1) is 13.8 Å². The van der Waals surface area contributed by atoms with Gasteiger partial charge < -0.3 is 9.30 Å². The Hall–Kier alpha value is -2.08. The zero-order valence-electron chi connectivity index (χ0n) is 12.8. The number of aromatic nitrogens is 1. The van der Waals surface area contributed by atoms with E-state index in [1.165, 1.54) is 0 Å². The number of nitrogens with zero attached hydrogens (tertiary/aromatic N) is 2. The number of benzene rings is 1. The molecule has 0 radical (unpaired) electrons. The number of amides is 1. The van der Waals surface area contributed by atoms with E-state index in [0.717, 1.165) is 21.4 Å². The average molecular weight is 364 g/mol. The van der Waals surface area contributed by atoms with E-state index < -0.39 is 0 Å². The standard InChI is InChI=1S/C16H18BrN3O2/c1-11-7-13(12(2)20(11)3)9-18-19-16(21)10-22-15-6-4-5-14(17)8-15/h4-9H,10H2,1-3H3,(H,19,21)/b18-9+. The number of nitrogens with one attached hydrogen (secondary N) is 1. The fourth-order valence-corrected chi connectivity index (χ4v) is 2.31. The fraction of sp³-hybridized carbons (Fsp3) is 0.250. The van der Waals surface area contributed by atoms with Crippen molar-refractivity contribution in [1.82, 2.24) is 9.99 Å². The Morgan fingerprint density at radius 1 is 1.41 bits per heavy atom. The summed E-state index contributed by atoms with van der Waals surface area (Å²) in [7, 11) is 1.99. The van der Waals surface area contributed by atoms with Crippen molar-refractivity contribution in [2.24, 2.45) is 12.1 Å². The highest BCUT2D eigenvalue weighted by Gasteiger charge is 2.04. The van der Waals surface area contributed by atoms with E-state index in [2.05, 4.69) is 31.0 Å². The van der Waals surface area contributed by atoms with Crippen molar-refractivity contribution in [2.45, 2.75) is 13.8 Å². The highest BCUT2D eigenvalue weighted by Crippen LogP contribution is 2.17. The summed E-state index contributed by atoms with van der Waals surface area (Å²) in [4.78, 5) is 11.7. The van der Waals surface area contributed by atoms with Crippen LogP contribution in [-0.2, 0) is 11.8 Å². The average Bonchev–Trinajstić information content (AvgIpc) is 2.73. The lowest BCUT2D eigenvalue weighted by atomic mass is 10.3. The van der Waals surface area contributed by atoms with E-state index in [1.807, 2.05) is 39.1 Å². The molecule has 1 aromatic carbocycles. The number of rotatable bonds is 5. The molecule has 116 valence electrons. The molecule has 1 N–H and O–H groups in total. The molecule has 0 saturated carbocycles. The van der Waals surface area contributed by atoms with Crippen molar-refractivity contribution in [3.63, 3.8) is 0 Å². The summed E-state index contributed by atoms with van der Waals surface area (Å²) in [6.45, 7) is 3.95. The first kappa shape index (κ1) is 16.3. The zero-order chi connectivity index (χ0) is 16.1. The highest BCUT2D eigenvalue weighted by atomic mass is 79.9. The maximum absolute atomic E-state index is 11.7. The van der Waals surface area contributed by atoms with Crippen LogP contribution in [0.25, 0.3) is 0 Å². The van der Waals surface area contributed by atoms with Crippen LogP contribution in [0.1, 0.15) is 17.0 Å². The molecule has 1 amide bonds. The van der Waals surface area contributed by atoms with Crippen molar-refractivity contribution < 1.29 is 9.53 Å². The van der Waals surface area contributed by atoms with Gasteiger partial charge in [0.15, 0.2) is 6.61 Å². The van der Waals surface area contributed by atoms with Crippen molar-refractivity contribution in [3.8, 4) is 5.75 Å². The van der Waals surface area contributed by atoms with Crippen LogP contribution in [0.5, 0.6) is 5.75 Å². The summed E-state index contributed by atoms with van der Waals surface area (Å²) in [6, 6.07) is 9.34. The molecule has 2 aromatic rings. The predicted octanol–water partition coefficient (Wildman–Crippen LogP) is 2.93. The van der Waals surface area contributed by atoms with Gasteiger partial charge in [0.05, 0.1) is 6.21 Å². The van der Waals surface area contributed by atoms with Crippen LogP contribution in [0.2, 0.25) is 0 Å². The third kappa shape index (κ3) is 4.21. The number of ether oxygens (including phenoxy) is 1. The first-order chi connectivity index (χ1) is 10.5. The van der Waals surface area contributed by atoms with Crippen molar-refractivity contribution >= 4 is 28.1 Å². The van der Waals surface area contributed by atoms with Gasteiger partial charge in [-0.3, -0.25) is 4.79 Å². The number of halogens is 1. The molecule has 0 aliphatic carbocycles. The lowest BCUT2D eigenvalue weighted by Crippen LogP contribution is -2.24. The number of hydrogen-bond donors (Lipinski definition) is 1. The molecule has 5 nitrogen and oxygen atoms in total. The largest absolute Gasteiger partial charge is 0.484 e. The minimum Gasteiger partial charge on any atom is -0.484 e. The van der Waals surface area contributed by atoms with Crippen LogP contribution < -0.4 is 10.2 Å². The molecule has 0 spiro atoms. The van der Waals surface area contributed by atoms with Gasteiger partial charge in [-0.25, -0.2) is 5.43 Å². The first-order valence-electron chi connectivity index (χ1n) is 6.80. The quantitative estimate of drug-likeness (QED) is 0.655. The molecular weight excluding hydrogens is 346 g/mol. The molecular formula is C16H18BrN3O2. The van der Waals surface area contributed by atoms with E-state index in [-0.39, 0.29) is 12.5 Å². The first-order valence-corrected chi connectivity index (χ1v) is 7.60. The number of carbonyl (C=O) groups is 1. The molecule has 1 aromatic heterocycles. The second kappa shape index (κ2) is 7.26. The van der Waals surface area contributed by atoms with E-state index in [4.69, 9.17) is 4.74 Å². The lowest BCUT2D eigenvalue weighted by Gasteiger charge is -2.05. The van der Waals surface area contributed by atoms with Crippen LogP contribution >= 0.6 is 15.9 Å². The van der Waals surface area contributed by atoms with Gasteiger partial charge in [-0.05, 0) is 38.1 Å². The molecule has 0 atom stereocenters. The van der Waals surface area contributed by atoms with Crippen LogP contribution in [0.15, 0.2) is 39.9 Å². The Labute approximate surface area is 138 Å². The maximum Gasteiger partial charge on any atom is 0.277 e.